The molecule has 0 radical (unpaired) electrons. The first-order valence-electron chi connectivity index (χ1n) is 10.5. The Morgan fingerprint density at radius 2 is 1.65 bits per heavy atom. The van der Waals surface area contributed by atoms with E-state index in [1.165, 1.54) is 17.2 Å². The molecule has 0 bridgehead atoms. The van der Waals surface area contributed by atoms with Crippen molar-refractivity contribution in [2.45, 2.75) is 24.3 Å². The smallest absolute Gasteiger partial charge is 0.342 e. The van der Waals surface area contributed by atoms with Gasteiger partial charge in [0.15, 0.2) is 5.40 Å². The van der Waals surface area contributed by atoms with Crippen LogP contribution in [-0.4, -0.2) is 78.2 Å². The number of hydrogen-bond donors (Lipinski definition) is 5. The van der Waals surface area contributed by atoms with E-state index in [4.69, 9.17) is 0 Å². The van der Waals surface area contributed by atoms with Crippen LogP contribution in [0.5, 0.6) is 0 Å². The molecule has 0 amide bonds. The fraction of sp³-hybridized carbons (Fsp3) is 0.474. The lowest BCUT2D eigenvalue weighted by atomic mass is 10.1. The number of pyridine rings is 1. The molecule has 2 fully saturated rings. The first-order valence-corrected chi connectivity index (χ1v) is 13.8. The monoisotopic (exact) mass is 519 g/mol. The first-order chi connectivity index (χ1) is 15.8. The second kappa shape index (κ2) is 8.83. The molecule has 12 nitrogen and oxygen atoms in total. The molecule has 1 saturated carbocycles. The van der Waals surface area contributed by atoms with Gasteiger partial charge in [-0.25, -0.2) is 9.18 Å². The highest BCUT2D eigenvalue weighted by Gasteiger charge is 2.44. The second-order valence-electron chi connectivity index (χ2n) is 8.58. The molecule has 2 heterocycles. The Morgan fingerprint density at radius 1 is 1.06 bits per heavy atom. The van der Waals surface area contributed by atoms with Gasteiger partial charge in [-0.3, -0.25) is 18.8 Å². The third-order valence-electron chi connectivity index (χ3n) is 6.18. The quantitative estimate of drug-likeness (QED) is 0.329. The number of aromatic carboxylic acids is 1. The van der Waals surface area contributed by atoms with E-state index in [0.29, 0.717) is 5.52 Å². The van der Waals surface area contributed by atoms with Crippen LogP contribution in [0.15, 0.2) is 23.1 Å². The normalized spacial score (nSPS) is 18.1. The number of aromatic nitrogens is 1. The number of nitrogens with zero attached hydrogens (tertiary/aromatic N) is 3. The number of carboxylic acid groups (broad SMARTS) is 1. The highest BCUT2D eigenvalue weighted by molar-refractivity contribution is 7.70. The summed E-state index contributed by atoms with van der Waals surface area (Å²) in [5.41, 5.74) is -0.592. The maximum Gasteiger partial charge on any atom is 0.342 e. The van der Waals surface area contributed by atoms with Crippen LogP contribution in [0.3, 0.4) is 0 Å². The summed E-state index contributed by atoms with van der Waals surface area (Å²) in [7, 11) is -10.1. The average Bonchev–Trinajstić information content (AvgIpc) is 3.56. The number of fused-ring (bicyclic) bond motifs is 1. The SMILES string of the molecule is O=C(O)c1cn(C2CC2)c2cc(N3CCN(CC(P(=O)(O)O)P(=O)(O)O)CC3)c(F)cc2c1=O. The molecule has 1 aromatic carbocycles. The maximum absolute atomic E-state index is 15.0. The third-order valence-corrected chi connectivity index (χ3v) is 9.87. The number of carboxylic acids is 1. The number of hydrogen-bond acceptors (Lipinski definition) is 6. The molecule has 4 rings (SSSR count). The molecular weight excluding hydrogens is 495 g/mol. The Hall–Kier alpha value is -2.11. The van der Waals surface area contributed by atoms with E-state index in [-0.39, 0.29) is 43.3 Å². The van der Waals surface area contributed by atoms with Gasteiger partial charge in [-0.2, -0.15) is 0 Å². The molecule has 2 aliphatic rings. The van der Waals surface area contributed by atoms with Crippen LogP contribution in [0.1, 0.15) is 29.2 Å². The summed E-state index contributed by atoms with van der Waals surface area (Å²) in [5, 5.41) is 7.18. The van der Waals surface area contributed by atoms with Gasteiger partial charge < -0.3 is 34.1 Å². The van der Waals surface area contributed by atoms with Crippen molar-refractivity contribution in [3.05, 3.63) is 39.9 Å². The summed E-state index contributed by atoms with van der Waals surface area (Å²) in [6.45, 7) is 0.237. The van der Waals surface area contributed by atoms with Crippen molar-refractivity contribution in [2.75, 3.05) is 37.6 Å². The Morgan fingerprint density at radius 3 is 2.15 bits per heavy atom. The number of halogens is 1. The van der Waals surface area contributed by atoms with Crippen LogP contribution < -0.4 is 10.3 Å². The van der Waals surface area contributed by atoms with E-state index in [1.807, 2.05) is 0 Å². The van der Waals surface area contributed by atoms with Gasteiger partial charge in [-0.05, 0) is 25.0 Å². The van der Waals surface area contributed by atoms with Gasteiger partial charge in [-0.15, -0.1) is 0 Å². The van der Waals surface area contributed by atoms with Gasteiger partial charge in [0.1, 0.15) is 11.4 Å². The lowest BCUT2D eigenvalue weighted by molar-refractivity contribution is 0.0694. The van der Waals surface area contributed by atoms with Crippen molar-refractivity contribution in [3.8, 4) is 0 Å². The molecule has 0 atom stereocenters. The van der Waals surface area contributed by atoms with Crippen LogP contribution in [0.2, 0.25) is 0 Å². The minimum Gasteiger partial charge on any atom is -0.477 e. The second-order valence-corrected chi connectivity index (χ2v) is 12.6. The molecule has 2 aromatic rings. The molecule has 1 aromatic heterocycles. The highest BCUT2D eigenvalue weighted by Crippen LogP contribution is 2.60. The van der Waals surface area contributed by atoms with Crippen LogP contribution in [0.25, 0.3) is 10.9 Å². The molecule has 0 spiro atoms. The fourth-order valence-corrected chi connectivity index (χ4v) is 6.67. The van der Waals surface area contributed by atoms with E-state index in [1.54, 1.807) is 9.47 Å². The Bertz CT molecular complexity index is 1270. The van der Waals surface area contributed by atoms with Gasteiger partial charge >= 0.3 is 21.2 Å². The summed E-state index contributed by atoms with van der Waals surface area (Å²) in [6, 6.07) is 2.55. The zero-order valence-corrected chi connectivity index (χ0v) is 19.6. The van der Waals surface area contributed by atoms with Crippen LogP contribution >= 0.6 is 15.2 Å². The fourth-order valence-electron chi connectivity index (χ4n) is 4.22. The first kappa shape index (κ1) is 25.0. The van der Waals surface area contributed by atoms with Gasteiger partial charge in [0, 0.05) is 50.3 Å². The number of benzene rings is 1. The summed E-state index contributed by atoms with van der Waals surface area (Å²) < 4.78 is 39.8. The van der Waals surface area contributed by atoms with Gasteiger partial charge in [0.2, 0.25) is 5.43 Å². The van der Waals surface area contributed by atoms with Crippen molar-refractivity contribution in [1.82, 2.24) is 9.47 Å². The van der Waals surface area contributed by atoms with E-state index in [9.17, 15) is 43.4 Å². The van der Waals surface area contributed by atoms with Crippen LogP contribution in [0.4, 0.5) is 10.1 Å². The molecule has 15 heteroatoms. The predicted molar refractivity (Wildman–Crippen MR) is 120 cm³/mol. The lowest BCUT2D eigenvalue weighted by Crippen LogP contribution is -2.48. The summed E-state index contributed by atoms with van der Waals surface area (Å²) in [4.78, 5) is 64.6. The van der Waals surface area contributed by atoms with Crippen molar-refractivity contribution >= 4 is 37.8 Å². The van der Waals surface area contributed by atoms with Gasteiger partial charge in [-0.1, -0.05) is 0 Å². The molecule has 5 N–H and O–H groups in total. The lowest BCUT2D eigenvalue weighted by Gasteiger charge is -2.37. The van der Waals surface area contributed by atoms with Crippen molar-refractivity contribution < 1.29 is 43.0 Å². The van der Waals surface area contributed by atoms with E-state index in [2.05, 4.69) is 0 Å². The Labute approximate surface area is 192 Å². The topological polar surface area (TPSA) is 181 Å². The third kappa shape index (κ3) is 4.96. The number of anilines is 1. The Kier molecular flexibility index (Phi) is 6.50. The van der Waals surface area contributed by atoms with Crippen molar-refractivity contribution in [2.24, 2.45) is 0 Å². The minimum atomic E-state index is -5.05. The van der Waals surface area contributed by atoms with E-state index in [0.717, 1.165) is 18.9 Å². The molecule has 1 aliphatic heterocycles. The predicted octanol–water partition coefficient (Wildman–Crippen LogP) is 0.977. The van der Waals surface area contributed by atoms with Crippen LogP contribution in [0, 0.1) is 5.82 Å². The summed E-state index contributed by atoms with van der Waals surface area (Å²) in [5.74, 6) is -2.10. The molecule has 186 valence electrons. The molecular formula is C19H24FN3O9P2. The number of piperazine rings is 1. The number of rotatable bonds is 7. The van der Waals surface area contributed by atoms with Crippen molar-refractivity contribution in [3.63, 3.8) is 0 Å². The van der Waals surface area contributed by atoms with E-state index >= 15 is 4.39 Å². The average molecular weight is 519 g/mol. The zero-order valence-electron chi connectivity index (χ0n) is 17.8. The Balaban J connectivity index is 1.60. The van der Waals surface area contributed by atoms with Crippen molar-refractivity contribution in [1.29, 1.82) is 0 Å². The van der Waals surface area contributed by atoms with Gasteiger partial charge in [0.05, 0.1) is 11.2 Å². The van der Waals surface area contributed by atoms with E-state index < -0.39 is 49.9 Å². The largest absolute Gasteiger partial charge is 0.477 e. The minimum absolute atomic E-state index is 0.0219. The zero-order chi connectivity index (χ0) is 25.0. The molecule has 0 unspecified atom stereocenters. The highest BCUT2D eigenvalue weighted by atomic mass is 31.2. The standard InChI is InChI=1S/C19H24FN3O9P2/c20-14-7-12-15(23(11-1-2-11)9-13(18(12)24)19(25)26)8-16(14)22-5-3-21(4-6-22)10-17(33(27,28)29)34(30,31)32/h7-9,11,17H,1-6,10H2,(H,25,26)(H2,27,28,29)(H2,30,31,32). The molecule has 1 saturated heterocycles. The molecule has 1 aliphatic carbocycles. The molecule has 34 heavy (non-hydrogen) atoms. The summed E-state index contributed by atoms with van der Waals surface area (Å²) >= 11 is 0. The summed E-state index contributed by atoms with van der Waals surface area (Å²) in [6.07, 6.45) is 2.90. The maximum atomic E-state index is 15.0. The number of carbonyl (C=O) groups is 1. The van der Waals surface area contributed by atoms with Gasteiger partial charge in [0.25, 0.3) is 0 Å². The van der Waals surface area contributed by atoms with Crippen LogP contribution in [-0.2, 0) is 9.13 Å².